The topological polar surface area (TPSA) is 29.5 Å². The van der Waals surface area contributed by atoms with Crippen LogP contribution in [-0.4, -0.2) is 0 Å². The molecule has 53 heavy (non-hydrogen) atoms. The minimum Gasteiger partial charge on any atom is -0.454 e. The summed E-state index contributed by atoms with van der Waals surface area (Å²) in [6.45, 7) is 2.37. The van der Waals surface area contributed by atoms with E-state index in [-0.39, 0.29) is 5.41 Å². The number of rotatable bonds is 5. The molecule has 0 saturated carbocycles. The van der Waals surface area contributed by atoms with E-state index in [0.717, 1.165) is 66.5 Å². The largest absolute Gasteiger partial charge is 0.454 e. The molecule has 1 aliphatic rings. The second-order valence-corrected chi connectivity index (χ2v) is 14.2. The summed E-state index contributed by atoms with van der Waals surface area (Å²) >= 11 is 0. The highest BCUT2D eigenvalue weighted by atomic mass is 16.3. The molecule has 0 unspecified atom stereocenters. The molecule has 0 amide bonds. The zero-order valence-electron chi connectivity index (χ0n) is 29.1. The van der Waals surface area contributed by atoms with Crippen LogP contribution in [0.2, 0.25) is 0 Å². The lowest BCUT2D eigenvalue weighted by Crippen LogP contribution is -2.22. The molecule has 0 spiro atoms. The van der Waals surface area contributed by atoms with Crippen LogP contribution < -0.4 is 4.90 Å². The van der Waals surface area contributed by atoms with E-state index in [1.165, 1.54) is 33.4 Å². The van der Waals surface area contributed by atoms with Crippen LogP contribution in [0.15, 0.2) is 191 Å². The van der Waals surface area contributed by atoms with Crippen molar-refractivity contribution in [2.24, 2.45) is 0 Å². The molecule has 10 aromatic rings. The third-order valence-electron chi connectivity index (χ3n) is 11.4. The first-order valence-electron chi connectivity index (χ1n) is 18.2. The van der Waals surface area contributed by atoms with Gasteiger partial charge in [0, 0.05) is 32.6 Å². The van der Waals surface area contributed by atoms with Gasteiger partial charge in [-0.2, -0.15) is 0 Å². The zero-order chi connectivity index (χ0) is 35.1. The van der Waals surface area contributed by atoms with Gasteiger partial charge >= 0.3 is 0 Å². The van der Waals surface area contributed by atoms with Crippen LogP contribution in [-0.2, 0) is 5.41 Å². The predicted molar refractivity (Wildman–Crippen MR) is 219 cm³/mol. The second kappa shape index (κ2) is 11.3. The Morgan fingerprint density at radius 1 is 0.396 bits per heavy atom. The van der Waals surface area contributed by atoms with Gasteiger partial charge in [-0.3, -0.25) is 0 Å². The Hall–Kier alpha value is -6.84. The van der Waals surface area contributed by atoms with Gasteiger partial charge in [0.25, 0.3) is 0 Å². The molecule has 0 radical (unpaired) electrons. The maximum Gasteiger partial charge on any atom is 0.159 e. The van der Waals surface area contributed by atoms with Crippen molar-refractivity contribution in [1.82, 2.24) is 0 Å². The third kappa shape index (κ3) is 4.28. The Morgan fingerprint density at radius 3 is 1.64 bits per heavy atom. The molecule has 1 aliphatic carbocycles. The van der Waals surface area contributed by atoms with Crippen molar-refractivity contribution in [3.8, 4) is 22.3 Å². The summed E-state index contributed by atoms with van der Waals surface area (Å²) in [6, 6.07) is 64.8. The quantitative estimate of drug-likeness (QED) is 0.181. The van der Waals surface area contributed by atoms with Gasteiger partial charge in [0.1, 0.15) is 11.2 Å². The van der Waals surface area contributed by atoms with Gasteiger partial charge in [-0.1, -0.05) is 146 Å². The van der Waals surface area contributed by atoms with E-state index in [2.05, 4.69) is 182 Å². The predicted octanol–water partition coefficient (Wildman–Crippen LogP) is 14.0. The van der Waals surface area contributed by atoms with Crippen molar-refractivity contribution in [2.45, 2.75) is 12.3 Å². The standard InChI is InChI=1S/C50H33NO2/c1-50(40-21-8-5-16-35(40)36-17-6-9-22-41(36)50)42-23-13-27-46-47(42)39-20-12-25-44(49(39)53-46)51(34-30-28-33(29-31-34)32-14-3-2-4-15-32)43-24-11-19-38-37-18-7-10-26-45(37)52-48(38)43/h2-31H,1H3. The van der Waals surface area contributed by atoms with Crippen LogP contribution in [0.3, 0.4) is 0 Å². The van der Waals surface area contributed by atoms with E-state index in [1.807, 2.05) is 12.1 Å². The van der Waals surface area contributed by atoms with E-state index in [9.17, 15) is 0 Å². The van der Waals surface area contributed by atoms with Gasteiger partial charge < -0.3 is 13.7 Å². The Kier molecular flexibility index (Phi) is 6.38. The number of hydrogen-bond acceptors (Lipinski definition) is 3. The molecule has 0 fully saturated rings. The van der Waals surface area contributed by atoms with E-state index in [0.29, 0.717) is 0 Å². The van der Waals surface area contributed by atoms with Crippen molar-refractivity contribution < 1.29 is 8.83 Å². The molecule has 0 saturated heterocycles. The van der Waals surface area contributed by atoms with Crippen LogP contribution in [0, 0.1) is 0 Å². The van der Waals surface area contributed by atoms with Gasteiger partial charge in [-0.15, -0.1) is 0 Å². The maximum atomic E-state index is 7.02. The van der Waals surface area contributed by atoms with Gasteiger partial charge in [-0.05, 0) is 82.3 Å². The van der Waals surface area contributed by atoms with Crippen molar-refractivity contribution in [3.63, 3.8) is 0 Å². The van der Waals surface area contributed by atoms with Crippen LogP contribution in [0.4, 0.5) is 17.1 Å². The summed E-state index contributed by atoms with van der Waals surface area (Å²) in [4.78, 5) is 2.30. The monoisotopic (exact) mass is 679 g/mol. The molecule has 2 aromatic heterocycles. The van der Waals surface area contributed by atoms with Crippen molar-refractivity contribution in [2.75, 3.05) is 4.90 Å². The van der Waals surface area contributed by atoms with Crippen molar-refractivity contribution in [3.05, 3.63) is 199 Å². The first-order valence-corrected chi connectivity index (χ1v) is 18.2. The minimum absolute atomic E-state index is 0.369. The average Bonchev–Trinajstić information content (AvgIpc) is 3.88. The molecular formula is C50H33NO2. The number of furan rings is 2. The highest BCUT2D eigenvalue weighted by Gasteiger charge is 2.42. The summed E-state index contributed by atoms with van der Waals surface area (Å²) < 4.78 is 13.7. The SMILES string of the molecule is CC1(c2cccc3oc4c(N(c5ccc(-c6ccccc6)cc5)c5cccc6c5oc5ccccc56)cccc4c23)c2ccccc2-c2ccccc21. The fraction of sp³-hybridized carbons (Fsp3) is 0.0400. The molecule has 0 bridgehead atoms. The van der Waals surface area contributed by atoms with Crippen molar-refractivity contribution in [1.29, 1.82) is 0 Å². The molecule has 3 heteroatoms. The number of fused-ring (bicyclic) bond motifs is 9. The second-order valence-electron chi connectivity index (χ2n) is 14.2. The molecule has 11 rings (SSSR count). The molecular weight excluding hydrogens is 647 g/mol. The Labute approximate surface area is 307 Å². The normalized spacial score (nSPS) is 13.2. The number of anilines is 3. The first-order chi connectivity index (χ1) is 26.2. The van der Waals surface area contributed by atoms with E-state index in [1.54, 1.807) is 0 Å². The fourth-order valence-electron chi connectivity index (χ4n) is 8.92. The van der Waals surface area contributed by atoms with Crippen molar-refractivity contribution >= 4 is 60.9 Å². The van der Waals surface area contributed by atoms with Crippen LogP contribution in [0.1, 0.15) is 23.6 Å². The minimum atomic E-state index is -0.369. The maximum absolute atomic E-state index is 7.02. The molecule has 0 atom stereocenters. The molecule has 0 N–H and O–H groups in total. The van der Waals surface area contributed by atoms with Crippen LogP contribution in [0.5, 0.6) is 0 Å². The smallest absolute Gasteiger partial charge is 0.159 e. The summed E-state index contributed by atoms with van der Waals surface area (Å²) in [7, 11) is 0. The lowest BCUT2D eigenvalue weighted by molar-refractivity contribution is 0.664. The molecule has 2 heterocycles. The van der Waals surface area contributed by atoms with E-state index < -0.39 is 0 Å². The Balaban J connectivity index is 1.17. The summed E-state index contributed by atoms with van der Waals surface area (Å²) in [5, 5.41) is 4.40. The van der Waals surface area contributed by atoms with Gasteiger partial charge in [-0.25, -0.2) is 0 Å². The van der Waals surface area contributed by atoms with E-state index >= 15 is 0 Å². The Bertz CT molecular complexity index is 2980. The fourth-order valence-corrected chi connectivity index (χ4v) is 8.92. The highest BCUT2D eigenvalue weighted by molar-refractivity contribution is 6.15. The number of hydrogen-bond donors (Lipinski definition) is 0. The zero-order valence-corrected chi connectivity index (χ0v) is 29.1. The number of para-hydroxylation sites is 3. The van der Waals surface area contributed by atoms with Gasteiger partial charge in [0.2, 0.25) is 0 Å². The Morgan fingerprint density at radius 2 is 0.906 bits per heavy atom. The molecule has 0 aliphatic heterocycles. The third-order valence-corrected chi connectivity index (χ3v) is 11.4. The number of nitrogens with zero attached hydrogens (tertiary/aromatic N) is 1. The van der Waals surface area contributed by atoms with Gasteiger partial charge in [0.05, 0.1) is 11.4 Å². The lowest BCUT2D eigenvalue weighted by Gasteiger charge is -2.29. The van der Waals surface area contributed by atoms with Gasteiger partial charge in [0.15, 0.2) is 11.2 Å². The first kappa shape index (κ1) is 29.8. The van der Waals surface area contributed by atoms with Crippen LogP contribution in [0.25, 0.3) is 66.1 Å². The summed E-state index contributed by atoms with van der Waals surface area (Å²) in [5.74, 6) is 0. The summed E-state index contributed by atoms with van der Waals surface area (Å²) in [5.41, 5.74) is 14.7. The summed E-state index contributed by atoms with van der Waals surface area (Å²) in [6.07, 6.45) is 0. The molecule has 3 nitrogen and oxygen atoms in total. The molecule has 250 valence electrons. The van der Waals surface area contributed by atoms with Crippen LogP contribution >= 0.6 is 0 Å². The number of benzene rings is 8. The van der Waals surface area contributed by atoms with E-state index in [4.69, 9.17) is 8.83 Å². The highest BCUT2D eigenvalue weighted by Crippen LogP contribution is 2.55. The average molecular weight is 680 g/mol. The molecule has 8 aromatic carbocycles. The lowest BCUT2D eigenvalue weighted by atomic mass is 9.73.